The molecule has 1 aliphatic rings. The lowest BCUT2D eigenvalue weighted by Gasteiger charge is -2.32. The number of aliphatic imine (C=N–C) groups is 3. The van der Waals surface area contributed by atoms with Gasteiger partial charge in [0.05, 0.1) is 39.1 Å². The predicted molar refractivity (Wildman–Crippen MR) is 422 cm³/mol. The highest BCUT2D eigenvalue weighted by Crippen LogP contribution is 2.22. The molecular formula is C63H109N25O22S4. The quantitative estimate of drug-likeness (QED) is 0.0116. The van der Waals surface area contributed by atoms with Gasteiger partial charge >= 0.3 is 17.9 Å². The second-order valence-corrected chi connectivity index (χ2v) is 28.3. The predicted octanol–water partition coefficient (Wildman–Crippen LogP) is -12.2. The van der Waals surface area contributed by atoms with Crippen LogP contribution in [0.1, 0.15) is 90.9 Å². The number of likely N-dealkylation sites (tertiary alicyclic amines) is 1. The number of carboxylic acids is 3. The Kier molecular flexibility index (Phi) is 49.1. The summed E-state index contributed by atoms with van der Waals surface area (Å²) >= 11 is 10.6. The Balaban J connectivity index is 3.39. The lowest BCUT2D eigenvalue weighted by Crippen LogP contribution is -2.61. The van der Waals surface area contributed by atoms with Gasteiger partial charge in [-0.2, -0.15) is 48.8 Å². The van der Waals surface area contributed by atoms with E-state index in [0.29, 0.717) is 0 Å². The number of thioether (sulfide) groups is 2. The van der Waals surface area contributed by atoms with Crippen molar-refractivity contribution in [1.82, 2.24) is 79.3 Å². The molecule has 0 aliphatic carbocycles. The molecule has 642 valence electrons. The number of nitrogens with two attached hydrogens (primary N) is 7. The number of thiol groups is 2. The number of nitrogens with zero attached hydrogens (tertiary/aromatic N) is 4. The normalized spacial score (nSPS) is 15.1. The van der Waals surface area contributed by atoms with Gasteiger partial charge < -0.3 is 140 Å². The molecule has 12 atom stereocenters. The van der Waals surface area contributed by atoms with Crippen molar-refractivity contribution in [3.63, 3.8) is 0 Å². The third-order valence-electron chi connectivity index (χ3n) is 16.3. The number of guanidine groups is 3. The van der Waals surface area contributed by atoms with Crippen molar-refractivity contribution in [3.8, 4) is 0 Å². The molecule has 0 aromatic carbocycles. The lowest BCUT2D eigenvalue weighted by molar-refractivity contribution is -0.144. The topological polar surface area (TPSA) is 779 Å². The van der Waals surface area contributed by atoms with E-state index in [4.69, 9.17) is 45.2 Å². The van der Waals surface area contributed by atoms with Crippen LogP contribution in [-0.4, -0.2) is 317 Å². The van der Waals surface area contributed by atoms with E-state index in [2.05, 4.69) is 115 Å². The van der Waals surface area contributed by atoms with Gasteiger partial charge in [0.15, 0.2) is 17.9 Å². The Hall–Kier alpha value is -10.4. The van der Waals surface area contributed by atoms with Crippen LogP contribution in [-0.2, 0) is 86.3 Å². The SMILES string of the molecule is CSCC[C@H](NC(=O)[C@H](CO)NC(=O)[C@H](CCSC)NC(=O)[C@@H]1CCCN1C(=O)[C@@H](NC(=O)[C@H](CC(=O)O)NC(=O)[C@H](CCCN=C(N)N)NC(=O)[C@H](CS)NC(=O)CN)C(C)C)C(=O)N[C@@H](CCCN=C(N)N)C(=O)NCC(=O)NCC(=O)N[C@@H](CC(=O)O)C(=O)N[C@@H](CCCN=C(N)N)C(=O)N[C@@H](CS)C(=O)NCC(=O)O. The molecular weight excluding hydrogens is 1590 g/mol. The number of hydrogen-bond acceptors (Lipinski definition) is 27. The second kappa shape index (κ2) is 55.1. The number of aliphatic carboxylic acids is 3. The van der Waals surface area contributed by atoms with Gasteiger partial charge in [0, 0.05) is 37.7 Å². The third kappa shape index (κ3) is 40.4. The van der Waals surface area contributed by atoms with Gasteiger partial charge in [-0.05, 0) is 94.1 Å². The molecule has 1 saturated heterocycles. The van der Waals surface area contributed by atoms with Crippen molar-refractivity contribution in [2.45, 2.75) is 163 Å². The average molecular weight is 1700 g/mol. The van der Waals surface area contributed by atoms with Crippen LogP contribution in [0.25, 0.3) is 0 Å². The second-order valence-electron chi connectivity index (χ2n) is 25.6. The highest BCUT2D eigenvalue weighted by Gasteiger charge is 2.42. The summed E-state index contributed by atoms with van der Waals surface area (Å²) in [6.07, 6.45) is 0.835. The van der Waals surface area contributed by atoms with Gasteiger partial charge in [-0.25, -0.2) is 0 Å². The van der Waals surface area contributed by atoms with Crippen LogP contribution in [0, 0.1) is 5.92 Å². The molecule has 0 spiro atoms. The molecule has 0 aromatic heterocycles. The van der Waals surface area contributed by atoms with Gasteiger partial charge in [-0.3, -0.25) is 101 Å². The molecule has 51 heteroatoms. The molecule has 47 nitrogen and oxygen atoms in total. The Morgan fingerprint density at radius 2 is 0.781 bits per heavy atom. The fourth-order valence-electron chi connectivity index (χ4n) is 10.4. The summed E-state index contributed by atoms with van der Waals surface area (Å²) in [6.45, 7) is -1.32. The van der Waals surface area contributed by atoms with E-state index in [1.54, 1.807) is 12.5 Å². The fraction of sp³-hybridized carbons (Fsp3) is 0.667. The lowest BCUT2D eigenvalue weighted by atomic mass is 10.0. The smallest absolute Gasteiger partial charge is 0.322 e. The Bertz CT molecular complexity index is 3410. The van der Waals surface area contributed by atoms with Crippen molar-refractivity contribution in [2.75, 3.05) is 94.5 Å². The molecule has 0 aromatic rings. The maximum absolute atomic E-state index is 14.5. The Morgan fingerprint density at radius 1 is 0.430 bits per heavy atom. The maximum atomic E-state index is 14.5. The highest BCUT2D eigenvalue weighted by atomic mass is 32.2. The van der Waals surface area contributed by atoms with Gasteiger partial charge in [0.25, 0.3) is 0 Å². The molecule has 1 heterocycles. The number of aliphatic hydroxyl groups is 1. The van der Waals surface area contributed by atoms with E-state index >= 15 is 0 Å². The summed E-state index contributed by atoms with van der Waals surface area (Å²) in [4.78, 5) is 252. The molecule has 0 radical (unpaired) electrons. The number of nitrogens with one attached hydrogen (secondary N) is 14. The van der Waals surface area contributed by atoms with E-state index in [1.165, 1.54) is 37.4 Å². The van der Waals surface area contributed by atoms with Crippen LogP contribution in [0.5, 0.6) is 0 Å². The zero-order valence-electron chi connectivity index (χ0n) is 63.4. The number of rotatable bonds is 56. The minimum absolute atomic E-state index is 0.0197. The van der Waals surface area contributed by atoms with E-state index in [1.807, 2.05) is 0 Å². The standard InChI is InChI=1S/C63H109N25O22S4/c1-30(2)48(87-56(106)37(22-46(95)96)84-51(101)32(10-6-16-72-62(67)68)81-58(108)40(29-112)78-42(90)23-64)60(110)88-18-8-12-41(88)59(109)83-35(14-20-114-4)54(104)85-38(27-89)57(107)82-34(13-19-113-3)53(103)79-31(9-5-15-71-61(65)66)49(99)75-24-43(91)74-25-44(92)77-36(21-45(93)94)55(105)80-33(11-7-17-73-63(69)70)52(102)86-39(28-111)50(100)76-26-47(97)98/h30-41,48,89,111-112H,5-29,64H2,1-4H3,(H,74,91)(H,75,99)(H,76,100)(H,77,92)(H,78,90)(H,79,103)(H,80,105)(H,81,108)(H,82,107)(H,83,109)(H,84,101)(H,85,104)(H,86,102)(H,87,106)(H,93,94)(H,95,96)(H,97,98)(H4,65,66,71)(H4,67,68,72)(H4,69,70,73)/t31-,32-,33-,34-,35-,36-,37-,38-,39-,40-,41-,48-/m0/s1. The number of carbonyl (C=O) groups excluding carboxylic acids is 15. The Morgan fingerprint density at radius 3 is 1.20 bits per heavy atom. The van der Waals surface area contributed by atoms with Crippen LogP contribution in [0.2, 0.25) is 0 Å². The first-order valence-electron chi connectivity index (χ1n) is 35.5. The molecule has 114 heavy (non-hydrogen) atoms. The van der Waals surface area contributed by atoms with Gasteiger partial charge in [-0.15, -0.1) is 0 Å². The minimum atomic E-state index is -1.91. The van der Waals surface area contributed by atoms with Crippen molar-refractivity contribution in [3.05, 3.63) is 0 Å². The molecule has 32 N–H and O–H groups in total. The van der Waals surface area contributed by atoms with Crippen molar-refractivity contribution < 1.29 is 107 Å². The van der Waals surface area contributed by atoms with Crippen LogP contribution in [0.15, 0.2) is 15.0 Å². The van der Waals surface area contributed by atoms with E-state index < -0.39 is 231 Å². The Labute approximate surface area is 675 Å². The molecule has 1 aliphatic heterocycles. The highest BCUT2D eigenvalue weighted by molar-refractivity contribution is 7.98. The summed E-state index contributed by atoms with van der Waals surface area (Å²) in [5.74, 6) is -21.4. The van der Waals surface area contributed by atoms with Crippen molar-refractivity contribution >= 4 is 173 Å². The largest absolute Gasteiger partial charge is 0.481 e. The average Bonchev–Trinajstić information content (AvgIpc) is 1.64. The number of hydrogen-bond donors (Lipinski definition) is 27. The molecule has 0 saturated carbocycles. The number of amides is 15. The van der Waals surface area contributed by atoms with Gasteiger partial charge in [-0.1, -0.05) is 13.8 Å². The molecule has 1 rings (SSSR count). The molecule has 1 fully saturated rings. The minimum Gasteiger partial charge on any atom is -0.481 e. The van der Waals surface area contributed by atoms with E-state index in [9.17, 15) is 102 Å². The molecule has 0 bridgehead atoms. The van der Waals surface area contributed by atoms with Gasteiger partial charge in [0.1, 0.15) is 79.0 Å². The van der Waals surface area contributed by atoms with Crippen molar-refractivity contribution in [2.24, 2.45) is 61.0 Å². The molecule has 0 unspecified atom stereocenters. The van der Waals surface area contributed by atoms with Crippen molar-refractivity contribution in [1.29, 1.82) is 0 Å². The zero-order valence-corrected chi connectivity index (χ0v) is 66.8. The first kappa shape index (κ1) is 102. The van der Waals surface area contributed by atoms with Crippen LogP contribution < -0.4 is 115 Å². The first-order valence-corrected chi connectivity index (χ1v) is 39.6. The molecule has 15 amide bonds. The fourth-order valence-corrected chi connectivity index (χ4v) is 11.9. The number of aliphatic hydroxyl groups excluding tert-OH is 1. The van der Waals surface area contributed by atoms with E-state index in [-0.39, 0.29) is 131 Å². The van der Waals surface area contributed by atoms with Crippen LogP contribution in [0.4, 0.5) is 0 Å². The summed E-state index contributed by atoms with van der Waals surface area (Å²) in [6, 6.07) is -18.5. The summed E-state index contributed by atoms with van der Waals surface area (Å²) in [5.41, 5.74) is 37.9. The maximum Gasteiger partial charge on any atom is 0.322 e. The number of carboxylic acid groups (broad SMARTS) is 3. The zero-order chi connectivity index (χ0) is 86.3. The summed E-state index contributed by atoms with van der Waals surface area (Å²) in [7, 11) is 0. The summed E-state index contributed by atoms with van der Waals surface area (Å²) < 4.78 is 0. The van der Waals surface area contributed by atoms with Gasteiger partial charge in [0.2, 0.25) is 88.6 Å². The third-order valence-corrected chi connectivity index (χ3v) is 18.3. The van der Waals surface area contributed by atoms with E-state index in [0.717, 1.165) is 4.90 Å². The first-order chi connectivity index (χ1) is 53.8. The monoisotopic (exact) mass is 1700 g/mol. The van der Waals surface area contributed by atoms with Crippen LogP contribution >= 0.6 is 48.8 Å². The van der Waals surface area contributed by atoms with Crippen LogP contribution in [0.3, 0.4) is 0 Å². The summed E-state index contributed by atoms with van der Waals surface area (Å²) in [5, 5.41) is 71.9. The number of carbonyl (C=O) groups is 18.